The minimum atomic E-state index is -4.08. The zero-order valence-corrected chi connectivity index (χ0v) is 24.4. The lowest BCUT2D eigenvalue weighted by Crippen LogP contribution is -2.33. The van der Waals surface area contributed by atoms with Gasteiger partial charge in [-0.15, -0.1) is 11.3 Å². The third-order valence-corrected chi connectivity index (χ3v) is 10.8. The Morgan fingerprint density at radius 3 is 2.59 bits per heavy atom. The molecule has 0 bridgehead atoms. The highest BCUT2D eigenvalue weighted by atomic mass is 35.5. The Labute approximate surface area is 245 Å². The molecule has 0 atom stereocenters. The van der Waals surface area contributed by atoms with Crippen LogP contribution < -0.4 is 0 Å². The van der Waals surface area contributed by atoms with Gasteiger partial charge in [-0.1, -0.05) is 29.3 Å². The largest absolute Gasteiger partial charge is 0.383 e. The average Bonchev–Trinajstić information content (AvgIpc) is 3.74. The molecule has 0 radical (unpaired) electrons. The van der Waals surface area contributed by atoms with Crippen LogP contribution in [0.25, 0.3) is 32.7 Å². The van der Waals surface area contributed by atoms with E-state index in [-0.39, 0.29) is 10.5 Å². The first-order valence-electron chi connectivity index (χ1n) is 13.2. The van der Waals surface area contributed by atoms with Crippen molar-refractivity contribution in [2.24, 2.45) is 0 Å². The van der Waals surface area contributed by atoms with Gasteiger partial charge in [0.2, 0.25) is 0 Å². The lowest BCUT2D eigenvalue weighted by molar-refractivity contribution is -0.0545. The second-order valence-corrected chi connectivity index (χ2v) is 13.6. The first-order valence-corrected chi connectivity index (χ1v) is 15.8. The summed E-state index contributed by atoms with van der Waals surface area (Å²) in [5, 5.41) is 16.9. The Kier molecular flexibility index (Phi) is 6.53. The molecule has 13 heteroatoms. The monoisotopic (exact) mass is 611 g/mol. The average molecular weight is 612 g/mol. The minimum Gasteiger partial charge on any atom is -0.383 e. The summed E-state index contributed by atoms with van der Waals surface area (Å²) in [7, 11) is -4.08. The molecule has 1 aliphatic heterocycles. The number of pyridine rings is 1. The first kappa shape index (κ1) is 26.7. The van der Waals surface area contributed by atoms with Crippen molar-refractivity contribution in [2.75, 3.05) is 13.2 Å². The van der Waals surface area contributed by atoms with E-state index in [0.29, 0.717) is 64.8 Å². The maximum absolute atomic E-state index is 14.2. The van der Waals surface area contributed by atoms with Crippen LogP contribution in [0.2, 0.25) is 5.02 Å². The standard InChI is InChI=1S/C28H26ClN5O5S2/c1-17-3-5-19(6-4-17)41(36,37)34-22(18-12-32-33(15-18)16-24-38-9-10-39-24)11-20-25(21(29)13-30-26(20)34)23-14-31-27(40-23)28(35)7-2-8-28/h3-6,11-15,24,35H,2,7-10,16H2,1H3. The summed E-state index contributed by atoms with van der Waals surface area (Å²) in [5.74, 6) is 0. The van der Waals surface area contributed by atoms with Gasteiger partial charge >= 0.3 is 0 Å². The molecule has 1 saturated carbocycles. The number of benzene rings is 1. The van der Waals surface area contributed by atoms with Crippen molar-refractivity contribution in [3.63, 3.8) is 0 Å². The molecule has 2 aliphatic rings. The van der Waals surface area contributed by atoms with Crippen molar-refractivity contribution in [3.05, 3.63) is 70.7 Å². The van der Waals surface area contributed by atoms with E-state index in [2.05, 4.69) is 15.1 Å². The number of aryl methyl sites for hydroxylation is 1. The van der Waals surface area contributed by atoms with Gasteiger partial charge in [0.05, 0.1) is 46.4 Å². The van der Waals surface area contributed by atoms with E-state index in [1.54, 1.807) is 53.6 Å². The van der Waals surface area contributed by atoms with Crippen LogP contribution in [0.1, 0.15) is 29.8 Å². The molecule has 4 aromatic heterocycles. The highest BCUT2D eigenvalue weighted by Gasteiger charge is 2.39. The number of hydrogen-bond donors (Lipinski definition) is 1. The van der Waals surface area contributed by atoms with Gasteiger partial charge in [0, 0.05) is 35.1 Å². The number of hydrogen-bond acceptors (Lipinski definition) is 9. The molecule has 10 nitrogen and oxygen atoms in total. The Morgan fingerprint density at radius 1 is 1.12 bits per heavy atom. The van der Waals surface area contributed by atoms with E-state index >= 15 is 0 Å². The molecule has 212 valence electrons. The van der Waals surface area contributed by atoms with Crippen LogP contribution in [-0.4, -0.2) is 56.7 Å². The van der Waals surface area contributed by atoms with Gasteiger partial charge in [0.15, 0.2) is 11.9 Å². The smallest absolute Gasteiger partial charge is 0.269 e. The Morgan fingerprint density at radius 2 is 1.88 bits per heavy atom. The van der Waals surface area contributed by atoms with Gasteiger partial charge in [-0.3, -0.25) is 4.68 Å². The fourth-order valence-electron chi connectivity index (χ4n) is 5.20. The van der Waals surface area contributed by atoms with Gasteiger partial charge in [0.25, 0.3) is 10.0 Å². The van der Waals surface area contributed by atoms with Crippen LogP contribution in [0.3, 0.4) is 0 Å². The maximum Gasteiger partial charge on any atom is 0.269 e. The third kappa shape index (κ3) is 4.59. The number of aliphatic hydroxyl groups is 1. The van der Waals surface area contributed by atoms with E-state index < -0.39 is 21.9 Å². The van der Waals surface area contributed by atoms with Crippen LogP contribution in [-0.2, 0) is 31.6 Å². The lowest BCUT2D eigenvalue weighted by atomic mass is 9.81. The quantitative estimate of drug-likeness (QED) is 0.274. The Bertz CT molecular complexity index is 1870. The highest BCUT2D eigenvalue weighted by molar-refractivity contribution is 7.90. The van der Waals surface area contributed by atoms with Gasteiger partial charge in [-0.05, 0) is 44.4 Å². The summed E-state index contributed by atoms with van der Waals surface area (Å²) in [4.78, 5) is 9.88. The molecule has 1 aromatic carbocycles. The van der Waals surface area contributed by atoms with Gasteiger partial charge in [0.1, 0.15) is 10.6 Å². The van der Waals surface area contributed by atoms with Crippen molar-refractivity contribution in [2.45, 2.75) is 49.5 Å². The Balaban J connectivity index is 1.42. The molecule has 1 aliphatic carbocycles. The molecule has 0 unspecified atom stereocenters. The second kappa shape index (κ2) is 10.0. The fourth-order valence-corrected chi connectivity index (χ4v) is 8.13. The summed E-state index contributed by atoms with van der Waals surface area (Å²) in [5.41, 5.74) is 1.83. The molecule has 1 saturated heterocycles. The SMILES string of the molecule is Cc1ccc(S(=O)(=O)n2c(-c3cnn(CC4OCCO4)c3)cc3c(-c4cnc(C5(O)CCC5)s4)c(Cl)cnc32)cc1. The second-order valence-electron chi connectivity index (χ2n) is 10.4. The van der Waals surface area contributed by atoms with Crippen LogP contribution in [0, 0.1) is 6.92 Å². The number of rotatable bonds is 7. The number of nitrogens with zero attached hydrogens (tertiary/aromatic N) is 5. The number of halogens is 1. The summed E-state index contributed by atoms with van der Waals surface area (Å²) in [6.07, 6.45) is 8.37. The van der Waals surface area contributed by atoms with Crippen LogP contribution in [0.4, 0.5) is 0 Å². The first-order chi connectivity index (χ1) is 19.7. The summed E-state index contributed by atoms with van der Waals surface area (Å²) in [6.45, 7) is 3.31. The van der Waals surface area contributed by atoms with Gasteiger partial charge in [-0.25, -0.2) is 22.4 Å². The highest BCUT2D eigenvalue weighted by Crippen LogP contribution is 2.47. The zero-order chi connectivity index (χ0) is 28.4. The molecule has 1 N–H and O–H groups in total. The molecule has 7 rings (SSSR count). The Hall–Kier alpha value is -3.13. The maximum atomic E-state index is 14.2. The predicted molar refractivity (Wildman–Crippen MR) is 154 cm³/mol. The van der Waals surface area contributed by atoms with E-state index in [1.165, 1.54) is 21.5 Å². The molecule has 0 amide bonds. The van der Waals surface area contributed by atoms with Gasteiger partial charge < -0.3 is 14.6 Å². The summed E-state index contributed by atoms with van der Waals surface area (Å²) < 4.78 is 42.4. The van der Waals surface area contributed by atoms with Crippen molar-refractivity contribution < 1.29 is 23.0 Å². The molecular weight excluding hydrogens is 586 g/mol. The zero-order valence-electron chi connectivity index (χ0n) is 22.0. The van der Waals surface area contributed by atoms with Crippen molar-refractivity contribution in [1.29, 1.82) is 0 Å². The fraction of sp³-hybridized carbons (Fsp3) is 0.321. The van der Waals surface area contributed by atoms with Crippen molar-refractivity contribution >= 4 is 44.0 Å². The lowest BCUT2D eigenvalue weighted by Gasteiger charge is -2.34. The van der Waals surface area contributed by atoms with Gasteiger partial charge in [-0.2, -0.15) is 5.10 Å². The number of fused-ring (bicyclic) bond motifs is 1. The topological polar surface area (TPSA) is 121 Å². The van der Waals surface area contributed by atoms with Crippen LogP contribution >= 0.6 is 22.9 Å². The normalized spacial score (nSPS) is 17.3. The van der Waals surface area contributed by atoms with Crippen molar-refractivity contribution in [1.82, 2.24) is 23.7 Å². The molecule has 5 aromatic rings. The number of aromatic nitrogens is 5. The van der Waals surface area contributed by atoms with Crippen molar-refractivity contribution in [3.8, 4) is 21.7 Å². The molecule has 2 fully saturated rings. The number of ether oxygens (including phenoxy) is 2. The van der Waals surface area contributed by atoms with E-state index in [1.807, 2.05) is 6.92 Å². The third-order valence-electron chi connectivity index (χ3n) is 7.59. The predicted octanol–water partition coefficient (Wildman–Crippen LogP) is 4.97. The molecule has 0 spiro atoms. The summed E-state index contributed by atoms with van der Waals surface area (Å²) >= 11 is 8.08. The van der Waals surface area contributed by atoms with E-state index in [9.17, 15) is 13.5 Å². The minimum absolute atomic E-state index is 0.132. The van der Waals surface area contributed by atoms with E-state index in [0.717, 1.165) is 16.9 Å². The van der Waals surface area contributed by atoms with Crippen LogP contribution in [0.5, 0.6) is 0 Å². The van der Waals surface area contributed by atoms with Crippen LogP contribution in [0.15, 0.2) is 60.0 Å². The summed E-state index contributed by atoms with van der Waals surface area (Å²) in [6, 6.07) is 8.47. The number of thiazole rings is 1. The molecule has 5 heterocycles. The van der Waals surface area contributed by atoms with E-state index in [4.69, 9.17) is 21.1 Å². The molecule has 41 heavy (non-hydrogen) atoms. The molecular formula is C28H26ClN5O5S2.